The number of hydrogen-bond donors (Lipinski definition) is 3. The third-order valence-corrected chi connectivity index (χ3v) is 11.5. The van der Waals surface area contributed by atoms with Crippen molar-refractivity contribution in [2.24, 2.45) is 0 Å². The van der Waals surface area contributed by atoms with E-state index in [1.807, 2.05) is 55.6 Å². The smallest absolute Gasteiger partial charge is 0.261 e. The van der Waals surface area contributed by atoms with Crippen molar-refractivity contribution in [3.05, 3.63) is 82.9 Å². The number of hydrogen-bond acceptors (Lipinski definition) is 9. The molecule has 3 N–H and O–H groups in total. The second-order valence-electron chi connectivity index (χ2n) is 13.6. The number of carbonyl (C=O) groups excluding carboxylic acids is 4. The number of rotatable bonds is 17. The highest BCUT2D eigenvalue weighted by Gasteiger charge is 2.34. The van der Waals surface area contributed by atoms with Crippen LogP contribution in [0.4, 0.5) is 11.4 Å². The number of amides is 4. The molecule has 10 nitrogen and oxygen atoms in total. The molecule has 0 atom stereocenters. The van der Waals surface area contributed by atoms with Gasteiger partial charge in [-0.2, -0.15) is 0 Å². The molecule has 2 heterocycles. The normalized spacial score (nSPS) is 14.3. The highest BCUT2D eigenvalue weighted by Crippen LogP contribution is 2.36. The summed E-state index contributed by atoms with van der Waals surface area (Å²) in [5, 5.41) is 13.3. The van der Waals surface area contributed by atoms with Gasteiger partial charge in [-0.3, -0.25) is 29.0 Å². The molecule has 0 radical (unpaired) electrons. The van der Waals surface area contributed by atoms with Gasteiger partial charge in [0.05, 0.1) is 27.7 Å². The first-order valence-electron chi connectivity index (χ1n) is 17.1. The van der Waals surface area contributed by atoms with Crippen LogP contribution in [0.2, 0.25) is 0 Å². The topological polar surface area (TPSA) is 111 Å². The number of imide groups is 2. The van der Waals surface area contributed by atoms with Crippen LogP contribution in [0.5, 0.6) is 0 Å². The lowest BCUT2D eigenvalue weighted by molar-refractivity contribution is -0.870. The number of nitrogens with one attached hydrogen (secondary N) is 3. The molecule has 2 aliphatic heterocycles. The van der Waals surface area contributed by atoms with Crippen molar-refractivity contribution < 1.29 is 23.7 Å². The van der Waals surface area contributed by atoms with Crippen molar-refractivity contribution in [1.29, 1.82) is 0 Å². The summed E-state index contributed by atoms with van der Waals surface area (Å²) in [5.41, 5.74) is 3.99. The summed E-state index contributed by atoms with van der Waals surface area (Å²) in [5.74, 6) is -0.0957. The lowest BCUT2D eigenvalue weighted by atomic mass is 9.93. The molecular weight excluding hydrogens is 669 g/mol. The fourth-order valence-corrected chi connectivity index (χ4v) is 8.55. The van der Waals surface area contributed by atoms with Gasteiger partial charge in [0.2, 0.25) is 0 Å². The standard InChI is InChI=1S/C38H44N6O4S2/c1-39-17-7-18-40-31-15-13-29-33-25(31)9-5-11-27(33)35(45)42(37(29)47)20-23-49-50-24-21-43-36(46)28-12-6-10-26-32(41-19-8-22-44(2,3)4)16-14-30(34(26)28)38(43)48/h5-6,9-16,39H,7-8,17-24H2,1-4H3,(H-,40,41,45,46,47,48)/p+1. The van der Waals surface area contributed by atoms with Crippen LogP contribution in [0.3, 0.4) is 0 Å². The van der Waals surface area contributed by atoms with E-state index in [9.17, 15) is 19.2 Å². The Hall–Kier alpha value is -4.10. The molecule has 0 bridgehead atoms. The fourth-order valence-electron chi connectivity index (χ4n) is 6.65. The van der Waals surface area contributed by atoms with Crippen molar-refractivity contribution in [2.75, 3.05) is 89.6 Å². The minimum Gasteiger partial charge on any atom is -0.384 e. The van der Waals surface area contributed by atoms with Gasteiger partial charge in [-0.15, -0.1) is 0 Å². The van der Waals surface area contributed by atoms with Crippen LogP contribution in [0.1, 0.15) is 54.3 Å². The highest BCUT2D eigenvalue weighted by atomic mass is 33.1. The van der Waals surface area contributed by atoms with Gasteiger partial charge in [0.15, 0.2) is 0 Å². The molecule has 0 spiro atoms. The lowest BCUT2D eigenvalue weighted by Crippen LogP contribution is -2.42. The van der Waals surface area contributed by atoms with Gasteiger partial charge in [-0.25, -0.2) is 0 Å². The molecule has 2 aliphatic rings. The molecule has 4 aromatic rings. The first-order valence-corrected chi connectivity index (χ1v) is 19.6. The second kappa shape index (κ2) is 15.4. The van der Waals surface area contributed by atoms with Gasteiger partial charge in [0.1, 0.15) is 0 Å². The van der Waals surface area contributed by atoms with Crippen molar-refractivity contribution in [3.8, 4) is 0 Å². The van der Waals surface area contributed by atoms with Crippen LogP contribution in [0.25, 0.3) is 21.5 Å². The molecule has 0 aliphatic carbocycles. The second-order valence-corrected chi connectivity index (χ2v) is 16.3. The van der Waals surface area contributed by atoms with Crippen molar-refractivity contribution in [1.82, 2.24) is 15.1 Å². The van der Waals surface area contributed by atoms with Crippen molar-refractivity contribution >= 4 is 78.1 Å². The molecule has 6 rings (SSSR count). The predicted octanol–water partition coefficient (Wildman–Crippen LogP) is 5.80. The van der Waals surface area contributed by atoms with Crippen molar-refractivity contribution in [3.63, 3.8) is 0 Å². The number of nitrogens with zero attached hydrogens (tertiary/aromatic N) is 3. The van der Waals surface area contributed by atoms with Gasteiger partial charge in [-0.1, -0.05) is 45.9 Å². The van der Waals surface area contributed by atoms with Crippen LogP contribution in [0, 0.1) is 0 Å². The summed E-state index contributed by atoms with van der Waals surface area (Å²) < 4.78 is 0.891. The van der Waals surface area contributed by atoms with E-state index < -0.39 is 0 Å². The lowest BCUT2D eigenvalue weighted by Gasteiger charge is -2.28. The van der Waals surface area contributed by atoms with Gasteiger partial charge in [0, 0.05) is 99.3 Å². The largest absolute Gasteiger partial charge is 0.384 e. The minimum absolute atomic E-state index is 0.262. The first-order chi connectivity index (χ1) is 24.1. The SMILES string of the molecule is CNCCCNc1ccc2c3c(cccc13)C(=O)N(CCSSCCN1C(=O)c3cccc4c(NCCC[N+](C)(C)C)ccc(c34)C1=O)C2=O. The number of quaternary nitrogens is 1. The molecular formula is C38H45N6O4S2+. The third kappa shape index (κ3) is 7.34. The van der Waals surface area contributed by atoms with E-state index in [2.05, 4.69) is 37.1 Å². The first kappa shape index (κ1) is 35.7. The monoisotopic (exact) mass is 713 g/mol. The van der Waals surface area contributed by atoms with E-state index >= 15 is 0 Å². The Morgan fingerprint density at radius 3 is 1.46 bits per heavy atom. The third-order valence-electron chi connectivity index (χ3n) is 9.10. The average Bonchev–Trinajstić information content (AvgIpc) is 3.10. The van der Waals surface area contributed by atoms with Gasteiger partial charge < -0.3 is 20.4 Å². The summed E-state index contributed by atoms with van der Waals surface area (Å²) in [7, 11) is 11.5. The summed E-state index contributed by atoms with van der Waals surface area (Å²) in [4.78, 5) is 56.8. The minimum atomic E-state index is -0.286. The Labute approximate surface area is 301 Å². The zero-order valence-corrected chi connectivity index (χ0v) is 30.8. The number of anilines is 2. The van der Waals surface area contributed by atoms with Gasteiger partial charge in [0.25, 0.3) is 23.6 Å². The molecule has 12 heteroatoms. The number of benzene rings is 4. The van der Waals surface area contributed by atoms with E-state index in [0.717, 1.165) is 65.7 Å². The van der Waals surface area contributed by atoms with E-state index in [1.165, 1.54) is 31.4 Å². The summed E-state index contributed by atoms with van der Waals surface area (Å²) in [6.07, 6.45) is 1.95. The van der Waals surface area contributed by atoms with E-state index in [0.29, 0.717) is 44.5 Å². The molecule has 0 saturated carbocycles. The van der Waals surface area contributed by atoms with E-state index in [4.69, 9.17) is 0 Å². The molecule has 50 heavy (non-hydrogen) atoms. The average molecular weight is 714 g/mol. The molecule has 0 fully saturated rings. The van der Waals surface area contributed by atoms with E-state index in [-0.39, 0.29) is 36.7 Å². The van der Waals surface area contributed by atoms with Crippen LogP contribution >= 0.6 is 21.6 Å². The van der Waals surface area contributed by atoms with Crippen molar-refractivity contribution in [2.45, 2.75) is 12.8 Å². The van der Waals surface area contributed by atoms with Crippen LogP contribution in [-0.4, -0.2) is 117 Å². The number of carbonyl (C=O) groups is 4. The summed E-state index contributed by atoms with van der Waals surface area (Å²) in [6, 6.07) is 18.7. The predicted molar refractivity (Wildman–Crippen MR) is 207 cm³/mol. The molecule has 0 unspecified atom stereocenters. The zero-order valence-electron chi connectivity index (χ0n) is 29.1. The molecule has 0 saturated heterocycles. The highest BCUT2D eigenvalue weighted by molar-refractivity contribution is 8.76. The van der Waals surface area contributed by atoms with Crippen LogP contribution < -0.4 is 16.0 Å². The van der Waals surface area contributed by atoms with Gasteiger partial charge in [-0.05, 0) is 56.4 Å². The molecule has 4 aromatic carbocycles. The Balaban J connectivity index is 1.03. The Bertz CT molecular complexity index is 1920. The molecule has 262 valence electrons. The summed E-state index contributed by atoms with van der Waals surface area (Å²) in [6.45, 7) is 4.04. The van der Waals surface area contributed by atoms with E-state index in [1.54, 1.807) is 12.1 Å². The Morgan fingerprint density at radius 2 is 1.02 bits per heavy atom. The van der Waals surface area contributed by atoms with Crippen LogP contribution in [0.15, 0.2) is 60.7 Å². The summed E-state index contributed by atoms with van der Waals surface area (Å²) >= 11 is 0. The fraction of sp³-hybridized carbons (Fsp3) is 0.368. The maximum absolute atomic E-state index is 13.6. The maximum Gasteiger partial charge on any atom is 0.261 e. The Kier molecular flexibility index (Phi) is 11.0. The van der Waals surface area contributed by atoms with Crippen LogP contribution in [-0.2, 0) is 0 Å². The Morgan fingerprint density at radius 1 is 0.580 bits per heavy atom. The molecule has 0 aromatic heterocycles. The van der Waals surface area contributed by atoms with Gasteiger partial charge >= 0.3 is 0 Å². The zero-order chi connectivity index (χ0) is 35.4. The molecule has 4 amide bonds. The maximum atomic E-state index is 13.6. The quantitative estimate of drug-likeness (QED) is 0.0542.